The fraction of sp³-hybridized carbons (Fsp3) is 0.133. The Morgan fingerprint density at radius 2 is 1.71 bits per heavy atom. The van der Waals surface area contributed by atoms with Crippen LogP contribution in [0.2, 0.25) is 5.02 Å². The van der Waals surface area contributed by atoms with Gasteiger partial charge in [-0.25, -0.2) is 22.5 Å². The summed E-state index contributed by atoms with van der Waals surface area (Å²) in [5.74, 6) is -4.11. The zero-order chi connectivity index (χ0) is 30.0. The number of carbonyl (C=O) groups is 2. The molecule has 2 amide bonds. The van der Waals surface area contributed by atoms with Crippen LogP contribution in [0.25, 0.3) is 22.2 Å². The second-order valence-electron chi connectivity index (χ2n) is 9.44. The fourth-order valence-electron chi connectivity index (χ4n) is 4.70. The summed E-state index contributed by atoms with van der Waals surface area (Å²) < 4.78 is 57.9. The average Bonchev–Trinajstić information content (AvgIpc) is 3.32. The second-order valence-corrected chi connectivity index (χ2v) is 9.85. The second kappa shape index (κ2) is 12.0. The zero-order valence-electron chi connectivity index (χ0n) is 22.0. The molecule has 12 heteroatoms. The third-order valence-electron chi connectivity index (χ3n) is 6.59. The van der Waals surface area contributed by atoms with Crippen molar-refractivity contribution in [3.63, 3.8) is 0 Å². The number of benzene rings is 3. The van der Waals surface area contributed by atoms with E-state index in [2.05, 4.69) is 20.6 Å². The molecule has 0 radical (unpaired) electrons. The molecule has 2 N–H and O–H groups in total. The molecule has 0 fully saturated rings. The molecule has 0 bridgehead atoms. The summed E-state index contributed by atoms with van der Waals surface area (Å²) in [7, 11) is 1.38. The number of pyridine rings is 1. The van der Waals surface area contributed by atoms with Gasteiger partial charge in [0.1, 0.15) is 29.8 Å². The molecule has 7 nitrogen and oxygen atoms in total. The van der Waals surface area contributed by atoms with Gasteiger partial charge in [-0.15, -0.1) is 0 Å². The summed E-state index contributed by atoms with van der Waals surface area (Å²) >= 11 is 5.92. The number of nitrogens with one attached hydrogen (secondary N) is 2. The fourth-order valence-corrected chi connectivity index (χ4v) is 4.85. The first kappa shape index (κ1) is 28.7. The van der Waals surface area contributed by atoms with Crippen molar-refractivity contribution in [1.82, 2.24) is 25.2 Å². The van der Waals surface area contributed by atoms with Crippen LogP contribution in [0, 0.1) is 23.3 Å². The van der Waals surface area contributed by atoms with Crippen molar-refractivity contribution >= 4 is 34.4 Å². The molecule has 0 unspecified atom stereocenters. The van der Waals surface area contributed by atoms with E-state index in [1.54, 1.807) is 12.1 Å². The van der Waals surface area contributed by atoms with Crippen molar-refractivity contribution in [2.45, 2.75) is 19.0 Å². The maximum absolute atomic E-state index is 14.4. The summed E-state index contributed by atoms with van der Waals surface area (Å²) in [6.07, 6.45) is 2.78. The summed E-state index contributed by atoms with van der Waals surface area (Å²) in [5, 5.41) is 5.12. The number of amides is 2. The molecule has 42 heavy (non-hydrogen) atoms. The maximum atomic E-state index is 14.4. The molecule has 3 aromatic carbocycles. The molecule has 0 spiro atoms. The van der Waals surface area contributed by atoms with E-state index < -0.39 is 41.1 Å². The molecule has 0 aliphatic carbocycles. The highest BCUT2D eigenvalue weighted by atomic mass is 35.5. The molecule has 0 saturated carbocycles. The van der Waals surface area contributed by atoms with Crippen LogP contribution in [-0.4, -0.2) is 33.4 Å². The predicted molar refractivity (Wildman–Crippen MR) is 149 cm³/mol. The van der Waals surface area contributed by atoms with Gasteiger partial charge in [0.25, 0.3) is 5.91 Å². The van der Waals surface area contributed by atoms with Crippen molar-refractivity contribution in [1.29, 1.82) is 0 Å². The molecule has 1 atom stereocenters. The van der Waals surface area contributed by atoms with Gasteiger partial charge in [0.2, 0.25) is 5.91 Å². The molecule has 2 aromatic heterocycles. The van der Waals surface area contributed by atoms with E-state index in [0.29, 0.717) is 27.9 Å². The lowest BCUT2D eigenvalue weighted by atomic mass is 9.94. The Kier molecular flexibility index (Phi) is 8.21. The highest BCUT2D eigenvalue weighted by molar-refractivity contribution is 6.31. The van der Waals surface area contributed by atoms with Crippen LogP contribution in [0.3, 0.4) is 0 Å². The van der Waals surface area contributed by atoms with Gasteiger partial charge >= 0.3 is 0 Å². The van der Waals surface area contributed by atoms with E-state index in [1.807, 2.05) is 0 Å². The van der Waals surface area contributed by atoms with Gasteiger partial charge in [0, 0.05) is 30.9 Å². The van der Waals surface area contributed by atoms with E-state index >= 15 is 0 Å². The first-order chi connectivity index (χ1) is 20.1. The minimum atomic E-state index is -0.917. The van der Waals surface area contributed by atoms with Crippen LogP contribution in [0.4, 0.5) is 17.6 Å². The van der Waals surface area contributed by atoms with Gasteiger partial charge in [0.05, 0.1) is 39.7 Å². The quantitative estimate of drug-likeness (QED) is 0.223. The highest BCUT2D eigenvalue weighted by Crippen LogP contribution is 2.31. The van der Waals surface area contributed by atoms with Gasteiger partial charge in [0.15, 0.2) is 0 Å². The topological polar surface area (TPSA) is 88.9 Å². The van der Waals surface area contributed by atoms with Crippen molar-refractivity contribution in [2.75, 3.05) is 7.05 Å². The number of hydrogen-bond donors (Lipinski definition) is 2. The Morgan fingerprint density at radius 3 is 2.45 bits per heavy atom. The maximum Gasteiger partial charge on any atom is 0.254 e. The Labute approximate surface area is 242 Å². The minimum absolute atomic E-state index is 0.0599. The number of carbonyl (C=O) groups excluding carboxylic acids is 2. The molecule has 5 aromatic rings. The number of fused-ring (bicyclic) bond motifs is 1. The Balaban J connectivity index is 1.53. The molecular formula is C30H22ClF4N5O2. The normalized spacial score (nSPS) is 11.9. The Morgan fingerprint density at radius 1 is 0.952 bits per heavy atom. The molecule has 0 saturated heterocycles. The predicted octanol–water partition coefficient (Wildman–Crippen LogP) is 5.77. The van der Waals surface area contributed by atoms with Gasteiger partial charge in [-0.2, -0.15) is 0 Å². The summed E-state index contributed by atoms with van der Waals surface area (Å²) in [5.41, 5.74) is 1.97. The largest absolute Gasteiger partial charge is 0.355 e. The van der Waals surface area contributed by atoms with E-state index in [9.17, 15) is 27.2 Å². The van der Waals surface area contributed by atoms with E-state index in [4.69, 9.17) is 11.6 Å². The lowest BCUT2D eigenvalue weighted by Gasteiger charge is -2.22. The van der Waals surface area contributed by atoms with Gasteiger partial charge in [-0.3, -0.25) is 14.6 Å². The monoisotopic (exact) mass is 595 g/mol. The van der Waals surface area contributed by atoms with Crippen LogP contribution in [0.15, 0.2) is 73.2 Å². The molecule has 214 valence electrons. The third-order valence-corrected chi connectivity index (χ3v) is 6.88. The van der Waals surface area contributed by atoms with Crippen LogP contribution in [-0.2, 0) is 17.8 Å². The summed E-state index contributed by atoms with van der Waals surface area (Å²) in [6.45, 7) is -0.244. The van der Waals surface area contributed by atoms with Crippen LogP contribution < -0.4 is 10.6 Å². The lowest BCUT2D eigenvalue weighted by Crippen LogP contribution is -2.33. The van der Waals surface area contributed by atoms with Crippen molar-refractivity contribution in [3.8, 4) is 11.1 Å². The number of halogens is 5. The molecule has 0 aliphatic rings. The smallest absolute Gasteiger partial charge is 0.254 e. The van der Waals surface area contributed by atoms with Crippen LogP contribution in [0.5, 0.6) is 0 Å². The van der Waals surface area contributed by atoms with Crippen molar-refractivity contribution in [2.24, 2.45) is 0 Å². The molecular weight excluding hydrogens is 574 g/mol. The van der Waals surface area contributed by atoms with Crippen LogP contribution in [0.1, 0.15) is 27.7 Å². The standard InChI is InChI=1S/C30H22ClF4N5O2/c1-36-30(42)21-10-17(4-5-23(21)34)20-3-2-6-37-29(20)26(9-16-7-18(32)11-19(33)8-16)39-28(41)14-40-15-38-25-13-24(35)22(31)12-27(25)40/h2-8,10-13,15,26H,9,14H2,1H3,(H,36,42)(H,39,41)/t26-/m0/s1. The molecule has 0 aliphatic heterocycles. The summed E-state index contributed by atoms with van der Waals surface area (Å²) in [6, 6.07) is 11.9. The zero-order valence-corrected chi connectivity index (χ0v) is 22.7. The van der Waals surface area contributed by atoms with E-state index in [0.717, 1.165) is 30.3 Å². The van der Waals surface area contributed by atoms with E-state index in [1.165, 1.54) is 42.3 Å². The highest BCUT2D eigenvalue weighted by Gasteiger charge is 2.23. The van der Waals surface area contributed by atoms with Crippen molar-refractivity contribution in [3.05, 3.63) is 118 Å². The Hall–Kier alpha value is -4.77. The van der Waals surface area contributed by atoms with E-state index in [-0.39, 0.29) is 29.1 Å². The van der Waals surface area contributed by atoms with Gasteiger partial charge in [-0.05, 0) is 53.9 Å². The third kappa shape index (κ3) is 6.10. The van der Waals surface area contributed by atoms with Crippen molar-refractivity contribution < 1.29 is 27.2 Å². The number of aromatic nitrogens is 3. The number of hydrogen-bond acceptors (Lipinski definition) is 4. The molecule has 5 rings (SSSR count). The van der Waals surface area contributed by atoms with Crippen LogP contribution >= 0.6 is 11.6 Å². The van der Waals surface area contributed by atoms with Gasteiger partial charge < -0.3 is 15.2 Å². The molecule has 2 heterocycles. The number of imidazole rings is 1. The first-order valence-electron chi connectivity index (χ1n) is 12.6. The number of nitrogens with zero attached hydrogens (tertiary/aromatic N) is 3. The van der Waals surface area contributed by atoms with Gasteiger partial charge in [-0.1, -0.05) is 23.7 Å². The average molecular weight is 596 g/mol. The Bertz CT molecular complexity index is 1810. The first-order valence-corrected chi connectivity index (χ1v) is 13.0. The SMILES string of the molecule is CNC(=O)c1cc(-c2cccnc2[C@H](Cc2cc(F)cc(F)c2)NC(=O)Cn2cnc3cc(F)c(Cl)cc32)ccc1F. The summed E-state index contributed by atoms with van der Waals surface area (Å²) in [4.78, 5) is 34.2. The minimum Gasteiger partial charge on any atom is -0.355 e. The lowest BCUT2D eigenvalue weighted by molar-refractivity contribution is -0.122. The number of rotatable bonds is 8.